The second-order valence-corrected chi connectivity index (χ2v) is 10.6. The number of rotatable bonds is 8. The Morgan fingerprint density at radius 3 is 1.30 bits per heavy atom. The van der Waals surface area contributed by atoms with E-state index in [0.29, 0.717) is 6.42 Å². The van der Waals surface area contributed by atoms with E-state index in [2.05, 4.69) is 120 Å². The van der Waals surface area contributed by atoms with E-state index in [1.54, 1.807) is 0 Å². The Balaban J connectivity index is 0.000000170. The van der Waals surface area contributed by atoms with Crippen LogP contribution in [-0.2, 0) is 10.1 Å². The van der Waals surface area contributed by atoms with Crippen molar-refractivity contribution >= 4 is 30.8 Å². The van der Waals surface area contributed by atoms with Crippen molar-refractivity contribution < 1.29 is 25.3 Å². The quantitative estimate of drug-likeness (QED) is 0.125. The number of para-hydroxylation sites is 2. The van der Waals surface area contributed by atoms with E-state index in [1.165, 1.54) is 39.2 Å². The van der Waals surface area contributed by atoms with Crippen molar-refractivity contribution in [2.24, 2.45) is 0 Å². The highest BCUT2D eigenvalue weighted by atomic mass is 16.6. The predicted octanol–water partition coefficient (Wildman–Crippen LogP) is 4.25. The lowest BCUT2D eigenvalue weighted by molar-refractivity contribution is -0.491. The third-order valence-corrected chi connectivity index (χ3v) is 7.84. The smallest absolute Gasteiger partial charge is 0.141 e. The normalized spacial score (nSPS) is 12.3. The van der Waals surface area contributed by atoms with Crippen molar-refractivity contribution in [3.05, 3.63) is 180 Å². The molecule has 7 rings (SSSR count). The second kappa shape index (κ2) is 15.8. The van der Waals surface area contributed by atoms with Gasteiger partial charge in [-0.15, -0.1) is 0 Å². The Kier molecular flexibility index (Phi) is 11.1. The van der Waals surface area contributed by atoms with Gasteiger partial charge in [0, 0.05) is 47.4 Å². The van der Waals surface area contributed by atoms with Crippen molar-refractivity contribution in [2.45, 2.75) is 18.3 Å². The summed E-state index contributed by atoms with van der Waals surface area (Å²) in [5, 5.41) is 25.6. The van der Waals surface area contributed by atoms with Crippen LogP contribution in [0.15, 0.2) is 152 Å². The van der Waals surface area contributed by atoms with Gasteiger partial charge in [0.15, 0.2) is 0 Å². The zero-order valence-corrected chi connectivity index (χ0v) is 24.7. The van der Waals surface area contributed by atoms with Crippen molar-refractivity contribution in [1.29, 1.82) is 0 Å². The van der Waals surface area contributed by atoms with Crippen LogP contribution in [0.1, 0.15) is 40.7 Å². The number of hydrogen-bond donors (Lipinski definition) is 2. The highest BCUT2D eigenvalue weighted by Gasteiger charge is 2.35. The van der Waals surface area contributed by atoms with Gasteiger partial charge in [0.25, 0.3) is 0 Å². The molecule has 4 N–H and O–H groups in total. The van der Waals surface area contributed by atoms with E-state index in [-0.39, 0.29) is 12.0 Å². The fraction of sp³-hybridized carbons (Fsp3) is 0.105. The maximum atomic E-state index is 10.7. The van der Waals surface area contributed by atoms with Gasteiger partial charge in [-0.3, -0.25) is 10.6 Å². The summed E-state index contributed by atoms with van der Waals surface area (Å²) in [6.45, 7) is 0.159. The van der Waals surface area contributed by atoms with Crippen LogP contribution in [0.4, 0.5) is 11.4 Å². The van der Waals surface area contributed by atoms with Gasteiger partial charge >= 0.3 is 0 Å². The molecule has 0 amide bonds. The molecule has 0 atom stereocenters. The number of benzene rings is 5. The fourth-order valence-corrected chi connectivity index (χ4v) is 5.76. The molecular formula is C38H37BN2O3. The molecule has 5 aromatic rings. The van der Waals surface area contributed by atoms with Crippen molar-refractivity contribution in [2.75, 3.05) is 6.61 Å². The summed E-state index contributed by atoms with van der Waals surface area (Å²) >= 11 is 0. The van der Waals surface area contributed by atoms with Crippen LogP contribution in [-0.4, -0.2) is 13.9 Å². The van der Waals surface area contributed by atoms with Crippen LogP contribution >= 0.6 is 0 Å². The lowest BCUT2D eigenvalue weighted by Crippen LogP contribution is -2.69. The highest BCUT2D eigenvalue weighted by Crippen LogP contribution is 2.42. The minimum atomic E-state index is -2.23. The molecule has 0 spiro atoms. The summed E-state index contributed by atoms with van der Waals surface area (Å²) in [5.41, 5.74) is 8.49. The fourth-order valence-electron chi connectivity index (χ4n) is 5.76. The van der Waals surface area contributed by atoms with Gasteiger partial charge < -0.3 is 14.7 Å². The van der Waals surface area contributed by atoms with Gasteiger partial charge in [-0.2, -0.15) is 0 Å². The molecule has 44 heavy (non-hydrogen) atoms. The van der Waals surface area contributed by atoms with E-state index < -0.39 is 7.32 Å². The van der Waals surface area contributed by atoms with Crippen LogP contribution in [0.5, 0.6) is 0 Å². The number of nitrogens with two attached hydrogens (primary N) is 2. The van der Waals surface area contributed by atoms with Crippen LogP contribution in [0.3, 0.4) is 0 Å². The maximum Gasteiger partial charge on any atom is 0.141 e. The monoisotopic (exact) mass is 580 g/mol. The van der Waals surface area contributed by atoms with Crippen LogP contribution < -0.4 is 20.7 Å². The Morgan fingerprint density at radius 1 is 0.523 bits per heavy atom. The molecule has 2 aliphatic rings. The van der Waals surface area contributed by atoms with Gasteiger partial charge in [0.2, 0.25) is 0 Å². The molecule has 5 nitrogen and oxygen atoms in total. The van der Waals surface area contributed by atoms with Crippen LogP contribution in [0.2, 0.25) is 0 Å². The van der Waals surface area contributed by atoms with Crippen molar-refractivity contribution in [1.82, 2.24) is 0 Å². The average Bonchev–Trinajstić information content (AvgIpc) is 3.77. The zero-order chi connectivity index (χ0) is 30.5. The molecule has 0 saturated carbocycles. The van der Waals surface area contributed by atoms with E-state index in [1.807, 2.05) is 54.6 Å². The van der Waals surface area contributed by atoms with E-state index in [0.717, 1.165) is 6.42 Å². The third-order valence-electron chi connectivity index (χ3n) is 7.84. The maximum absolute atomic E-state index is 10.7. The van der Waals surface area contributed by atoms with Gasteiger partial charge in [0.1, 0.15) is 11.4 Å². The molecule has 0 bridgehead atoms. The molecule has 0 aromatic heterocycles. The molecule has 2 heterocycles. The van der Waals surface area contributed by atoms with Gasteiger partial charge in [-0.1, -0.05) is 115 Å². The highest BCUT2D eigenvalue weighted by molar-refractivity contribution is 6.28. The van der Waals surface area contributed by atoms with Crippen LogP contribution in [0, 0.1) is 0 Å². The lowest BCUT2D eigenvalue weighted by Gasteiger charge is -2.37. The Bertz CT molecular complexity index is 1490. The van der Waals surface area contributed by atoms with Gasteiger partial charge in [0.05, 0.1) is 19.7 Å². The first-order valence-corrected chi connectivity index (χ1v) is 15.0. The zero-order valence-electron chi connectivity index (χ0n) is 24.7. The topological polar surface area (TPSA) is 88.6 Å². The second-order valence-electron chi connectivity index (χ2n) is 10.6. The van der Waals surface area contributed by atoms with Crippen molar-refractivity contribution in [3.8, 4) is 0 Å². The molecule has 5 aromatic carbocycles. The van der Waals surface area contributed by atoms with E-state index >= 15 is 0 Å². The molecule has 6 heteroatoms. The van der Waals surface area contributed by atoms with Gasteiger partial charge in [-0.05, 0) is 41.7 Å². The predicted molar refractivity (Wildman–Crippen MR) is 174 cm³/mol. The first-order chi connectivity index (χ1) is 21.7. The van der Waals surface area contributed by atoms with Crippen LogP contribution in [0.25, 0.3) is 12.2 Å². The summed E-state index contributed by atoms with van der Waals surface area (Å²) < 4.78 is 4.73. The SMILES string of the molecule is C1=Cc2ccccc2[NH2+]1.C1=Cc2ccccc2[NH2+]1.[O-]B([O-])OCCCC(c1ccccc1)(c1ccccc1)c1ccccc1. The first kappa shape index (κ1) is 30.9. The lowest BCUT2D eigenvalue weighted by atomic mass is 9.67. The number of quaternary nitrogens is 2. The summed E-state index contributed by atoms with van der Waals surface area (Å²) in [6, 6.07) is 47.7. The molecule has 2 aliphatic heterocycles. The number of fused-ring (bicyclic) bond motifs is 2. The van der Waals surface area contributed by atoms with Crippen molar-refractivity contribution in [3.63, 3.8) is 0 Å². The summed E-state index contributed by atoms with van der Waals surface area (Å²) in [6.07, 6.45) is 9.73. The Morgan fingerprint density at radius 2 is 0.909 bits per heavy atom. The Labute approximate surface area is 260 Å². The largest absolute Gasteiger partial charge is 0.871 e. The standard InChI is InChI=1S/C22H21BO3.2C8H7N/c24-23(25)26-18-10-17-22(19-11-4-1-5-12-19,20-13-6-2-7-14-20)21-15-8-3-9-16-21;2*1-2-4-8-7(3-1)5-6-9-8/h1-9,11-16H,10,17-18H2;2*1-6,9H/q-2;;/p+2. The molecular weight excluding hydrogens is 543 g/mol. The summed E-state index contributed by atoms with van der Waals surface area (Å²) in [7, 11) is -2.23. The Hall–Kier alpha value is -4.56. The van der Waals surface area contributed by atoms with E-state index in [4.69, 9.17) is 4.65 Å². The minimum absolute atomic E-state index is 0.159. The van der Waals surface area contributed by atoms with Gasteiger partial charge in [-0.25, -0.2) is 0 Å². The molecule has 0 unspecified atom stereocenters. The van der Waals surface area contributed by atoms with E-state index in [9.17, 15) is 10.0 Å². The molecule has 0 aliphatic carbocycles. The average molecular weight is 581 g/mol. The molecule has 0 radical (unpaired) electrons. The first-order valence-electron chi connectivity index (χ1n) is 15.0. The molecule has 0 fully saturated rings. The summed E-state index contributed by atoms with van der Waals surface area (Å²) in [5.74, 6) is 0. The molecule has 220 valence electrons. The molecule has 0 saturated heterocycles. The minimum Gasteiger partial charge on any atom is -0.871 e. The summed E-state index contributed by atoms with van der Waals surface area (Å²) in [4.78, 5) is 0. The number of hydrogen-bond acceptors (Lipinski definition) is 3. The third kappa shape index (κ3) is 7.88.